The lowest BCUT2D eigenvalue weighted by atomic mass is 10.0. The molecule has 1 aromatic carbocycles. The van der Waals surface area contributed by atoms with Crippen LogP contribution in [-0.4, -0.2) is 70.4 Å². The van der Waals surface area contributed by atoms with Crippen molar-refractivity contribution < 1.29 is 23.1 Å². The molecule has 2 aromatic rings. The highest BCUT2D eigenvalue weighted by atomic mass is 19.1. The van der Waals surface area contributed by atoms with Crippen LogP contribution in [0.25, 0.3) is 5.57 Å². The van der Waals surface area contributed by atoms with Gasteiger partial charge in [-0.25, -0.2) is 18.7 Å². The van der Waals surface area contributed by atoms with Gasteiger partial charge < -0.3 is 19.4 Å². The Morgan fingerprint density at radius 2 is 1.68 bits per heavy atom. The summed E-state index contributed by atoms with van der Waals surface area (Å²) in [5, 5.41) is 0. The van der Waals surface area contributed by atoms with Crippen LogP contribution in [0.15, 0.2) is 24.3 Å². The van der Waals surface area contributed by atoms with E-state index in [1.54, 1.807) is 23.6 Å². The van der Waals surface area contributed by atoms with Crippen LogP contribution >= 0.6 is 0 Å². The average Bonchev–Trinajstić information content (AvgIpc) is 2.89. The number of carbonyl (C=O) groups is 2. The van der Waals surface area contributed by atoms with Crippen LogP contribution in [0.1, 0.15) is 50.2 Å². The topological polar surface area (TPSA) is 78.9 Å². The van der Waals surface area contributed by atoms with Gasteiger partial charge in [-0.1, -0.05) is 6.08 Å². The number of fused-ring (bicyclic) bond motifs is 1. The molecule has 0 atom stereocenters. The van der Waals surface area contributed by atoms with E-state index in [0.717, 1.165) is 41.0 Å². The Balaban J connectivity index is 1.39. The summed E-state index contributed by atoms with van der Waals surface area (Å²) < 4.78 is 33.2. The maximum absolute atomic E-state index is 14.1. The van der Waals surface area contributed by atoms with Crippen molar-refractivity contribution in [2.75, 3.05) is 37.6 Å². The van der Waals surface area contributed by atoms with E-state index < -0.39 is 11.6 Å². The SMILES string of the molecule is CC(=O)N1CCC=C(c2nc3c(nc2N2CCC(Oc4ccc(F)cc4F)CC2)CCN(C(C)=O)C3)C1. The van der Waals surface area contributed by atoms with Crippen LogP contribution in [0.2, 0.25) is 0 Å². The summed E-state index contributed by atoms with van der Waals surface area (Å²) in [4.78, 5) is 39.9. The van der Waals surface area contributed by atoms with Crippen LogP contribution in [-0.2, 0) is 22.6 Å². The lowest BCUT2D eigenvalue weighted by molar-refractivity contribution is -0.130. The molecule has 5 rings (SSSR count). The summed E-state index contributed by atoms with van der Waals surface area (Å²) in [5.41, 5.74) is 3.39. The lowest BCUT2D eigenvalue weighted by Crippen LogP contribution is -2.41. The standard InChI is InChI=1S/C27H31F2N5O3/c1-17(35)33-10-3-4-19(15-33)26-27(31-23-9-13-34(18(2)36)16-24(23)30-26)32-11-7-21(8-12-32)37-25-6-5-20(28)14-22(25)29/h4-6,14,21H,3,7-13,15-16H2,1-2H3. The van der Waals surface area contributed by atoms with Gasteiger partial charge in [0.2, 0.25) is 11.8 Å². The molecule has 0 spiro atoms. The average molecular weight is 512 g/mol. The number of anilines is 1. The Morgan fingerprint density at radius 1 is 0.946 bits per heavy atom. The van der Waals surface area contributed by atoms with Gasteiger partial charge in [0, 0.05) is 71.9 Å². The molecule has 4 heterocycles. The first-order valence-corrected chi connectivity index (χ1v) is 12.8. The Bertz CT molecular complexity index is 1240. The van der Waals surface area contributed by atoms with Crippen LogP contribution in [0.4, 0.5) is 14.6 Å². The van der Waals surface area contributed by atoms with Gasteiger partial charge in [0.1, 0.15) is 17.6 Å². The van der Waals surface area contributed by atoms with E-state index in [0.29, 0.717) is 58.5 Å². The summed E-state index contributed by atoms with van der Waals surface area (Å²) in [6.07, 6.45) is 4.59. The molecule has 2 amide bonds. The Morgan fingerprint density at radius 3 is 2.38 bits per heavy atom. The number of hydrogen-bond acceptors (Lipinski definition) is 6. The number of hydrogen-bond donors (Lipinski definition) is 0. The summed E-state index contributed by atoms with van der Waals surface area (Å²) in [6, 6.07) is 3.34. The van der Waals surface area contributed by atoms with Crippen LogP contribution < -0.4 is 9.64 Å². The minimum Gasteiger partial charge on any atom is -0.487 e. The fraction of sp³-hybridized carbons (Fsp3) is 0.481. The lowest BCUT2D eigenvalue weighted by Gasteiger charge is -2.36. The van der Waals surface area contributed by atoms with Gasteiger partial charge in [0.25, 0.3) is 0 Å². The Kier molecular flexibility index (Phi) is 7.08. The van der Waals surface area contributed by atoms with E-state index in [9.17, 15) is 18.4 Å². The molecule has 0 radical (unpaired) electrons. The molecule has 1 saturated heterocycles. The minimum absolute atomic E-state index is 0.0115. The molecule has 0 bridgehead atoms. The number of piperidine rings is 1. The largest absolute Gasteiger partial charge is 0.487 e. The molecule has 0 saturated carbocycles. The molecule has 3 aliphatic rings. The molecule has 10 heteroatoms. The number of nitrogens with zero attached hydrogens (tertiary/aromatic N) is 5. The molecule has 37 heavy (non-hydrogen) atoms. The highest BCUT2D eigenvalue weighted by Crippen LogP contribution is 2.32. The van der Waals surface area contributed by atoms with E-state index in [1.165, 1.54) is 12.1 Å². The van der Waals surface area contributed by atoms with E-state index in [2.05, 4.69) is 11.0 Å². The third-order valence-electron chi connectivity index (χ3n) is 7.27. The zero-order valence-electron chi connectivity index (χ0n) is 21.2. The monoisotopic (exact) mass is 511 g/mol. The van der Waals surface area contributed by atoms with Crippen LogP contribution in [0.5, 0.6) is 5.75 Å². The highest BCUT2D eigenvalue weighted by molar-refractivity contribution is 5.80. The van der Waals surface area contributed by atoms with Gasteiger partial charge in [-0.2, -0.15) is 0 Å². The fourth-order valence-corrected chi connectivity index (χ4v) is 5.15. The van der Waals surface area contributed by atoms with Crippen molar-refractivity contribution in [2.45, 2.75) is 52.2 Å². The molecule has 0 unspecified atom stereocenters. The summed E-state index contributed by atoms with van der Waals surface area (Å²) in [5.74, 6) is -0.475. The van der Waals surface area contributed by atoms with E-state index in [-0.39, 0.29) is 23.7 Å². The van der Waals surface area contributed by atoms with Gasteiger partial charge >= 0.3 is 0 Å². The van der Waals surface area contributed by atoms with Crippen molar-refractivity contribution in [3.05, 3.63) is 53.0 Å². The van der Waals surface area contributed by atoms with Gasteiger partial charge in [0.05, 0.1) is 17.9 Å². The molecule has 3 aliphatic heterocycles. The van der Waals surface area contributed by atoms with Crippen molar-refractivity contribution in [1.82, 2.24) is 19.8 Å². The first kappa shape index (κ1) is 25.1. The quantitative estimate of drug-likeness (QED) is 0.627. The smallest absolute Gasteiger partial charge is 0.219 e. The first-order chi connectivity index (χ1) is 17.8. The Hall–Kier alpha value is -3.56. The fourth-order valence-electron chi connectivity index (χ4n) is 5.15. The predicted molar refractivity (Wildman–Crippen MR) is 134 cm³/mol. The van der Waals surface area contributed by atoms with Crippen molar-refractivity contribution >= 4 is 23.2 Å². The normalized spacial score (nSPS) is 18.4. The Labute approximate surface area is 214 Å². The van der Waals surface area contributed by atoms with Crippen LogP contribution in [0.3, 0.4) is 0 Å². The van der Waals surface area contributed by atoms with Crippen molar-refractivity contribution in [1.29, 1.82) is 0 Å². The van der Waals surface area contributed by atoms with E-state index in [1.807, 2.05) is 0 Å². The number of aromatic nitrogens is 2. The second-order valence-corrected chi connectivity index (χ2v) is 9.82. The van der Waals surface area contributed by atoms with Gasteiger partial charge in [-0.05, 0) is 24.1 Å². The summed E-state index contributed by atoms with van der Waals surface area (Å²) in [6.45, 7) is 6.58. The zero-order valence-corrected chi connectivity index (χ0v) is 21.2. The number of ether oxygens (including phenoxy) is 1. The van der Waals surface area contributed by atoms with Crippen LogP contribution in [0, 0.1) is 11.6 Å². The maximum atomic E-state index is 14.1. The molecule has 0 aliphatic carbocycles. The zero-order chi connectivity index (χ0) is 26.1. The highest BCUT2D eigenvalue weighted by Gasteiger charge is 2.30. The predicted octanol–water partition coefficient (Wildman–Crippen LogP) is 3.34. The first-order valence-electron chi connectivity index (χ1n) is 12.8. The molecule has 1 fully saturated rings. The third kappa shape index (κ3) is 5.42. The minimum atomic E-state index is -0.705. The number of rotatable bonds is 4. The third-order valence-corrected chi connectivity index (χ3v) is 7.27. The molecule has 196 valence electrons. The number of benzene rings is 1. The van der Waals surface area contributed by atoms with Gasteiger partial charge in [-0.3, -0.25) is 9.59 Å². The van der Waals surface area contributed by atoms with Crippen molar-refractivity contribution in [3.63, 3.8) is 0 Å². The van der Waals surface area contributed by atoms with Crippen molar-refractivity contribution in [2.24, 2.45) is 0 Å². The van der Waals surface area contributed by atoms with Gasteiger partial charge in [0.15, 0.2) is 17.4 Å². The molecular weight excluding hydrogens is 480 g/mol. The van der Waals surface area contributed by atoms with E-state index >= 15 is 0 Å². The van der Waals surface area contributed by atoms with Crippen molar-refractivity contribution in [3.8, 4) is 5.75 Å². The summed E-state index contributed by atoms with van der Waals surface area (Å²) in [7, 11) is 0. The summed E-state index contributed by atoms with van der Waals surface area (Å²) >= 11 is 0. The molecular formula is C27H31F2N5O3. The molecule has 8 nitrogen and oxygen atoms in total. The molecule has 0 N–H and O–H groups in total. The second kappa shape index (κ2) is 10.4. The number of amides is 2. The van der Waals surface area contributed by atoms with Gasteiger partial charge in [-0.15, -0.1) is 0 Å². The van der Waals surface area contributed by atoms with E-state index in [4.69, 9.17) is 14.7 Å². The molecule has 1 aromatic heterocycles. The number of halogens is 2. The number of carbonyl (C=O) groups excluding carboxylic acids is 2. The maximum Gasteiger partial charge on any atom is 0.219 e. The second-order valence-electron chi connectivity index (χ2n) is 9.82.